The molecule has 290 valence electrons. The van der Waals surface area contributed by atoms with Crippen molar-refractivity contribution in [2.45, 2.75) is 161 Å². The van der Waals surface area contributed by atoms with Crippen LogP contribution >= 0.6 is 7.82 Å². The molecule has 0 saturated heterocycles. The fourth-order valence-corrected chi connectivity index (χ4v) is 5.80. The zero-order valence-electron chi connectivity index (χ0n) is 31.9. The third-order valence-electron chi connectivity index (χ3n) is 7.92. The molecule has 2 unspecified atom stereocenters. The van der Waals surface area contributed by atoms with Crippen LogP contribution in [0, 0.1) is 0 Å². The minimum absolute atomic E-state index is 0.0917. The average molecular weight is 724 g/mol. The van der Waals surface area contributed by atoms with E-state index in [1.165, 1.54) is 70.6 Å². The number of hydrogen-bond donors (Lipinski definition) is 2. The van der Waals surface area contributed by atoms with E-state index in [2.05, 4.69) is 74.6 Å². The number of ether oxygens (including phenoxy) is 2. The maximum absolute atomic E-state index is 12.5. The van der Waals surface area contributed by atoms with Gasteiger partial charge in [0.15, 0.2) is 0 Å². The van der Waals surface area contributed by atoms with Crippen molar-refractivity contribution >= 4 is 13.8 Å². The molecule has 0 fully saturated rings. The van der Waals surface area contributed by atoms with Crippen LogP contribution in [0.5, 0.6) is 0 Å². The number of phosphoric ester groups is 1. The van der Waals surface area contributed by atoms with Gasteiger partial charge in [-0.25, -0.2) is 4.57 Å². The minimum atomic E-state index is -4.28. The van der Waals surface area contributed by atoms with E-state index < -0.39 is 13.9 Å². The Balaban J connectivity index is 4.11. The third kappa shape index (κ3) is 37.5. The van der Waals surface area contributed by atoms with Gasteiger partial charge in [-0.1, -0.05) is 132 Å². The molecule has 50 heavy (non-hydrogen) atoms. The van der Waals surface area contributed by atoms with Crippen LogP contribution in [-0.2, 0) is 27.9 Å². The molecule has 3 N–H and O–H groups in total. The lowest BCUT2D eigenvalue weighted by Crippen LogP contribution is -2.28. The second kappa shape index (κ2) is 38.4. The normalized spacial score (nSPS) is 14.2. The van der Waals surface area contributed by atoms with Crippen molar-refractivity contribution < 1.29 is 32.8 Å². The second-order valence-electron chi connectivity index (χ2n) is 12.8. The van der Waals surface area contributed by atoms with Gasteiger partial charge in [0.2, 0.25) is 0 Å². The quantitative estimate of drug-likeness (QED) is 0.0281. The second-order valence-corrected chi connectivity index (χ2v) is 14.2. The number of esters is 1. The number of carbonyl (C=O) groups excluding carboxylic acids is 1. The molecule has 0 aromatic rings. The van der Waals surface area contributed by atoms with E-state index in [0.29, 0.717) is 6.61 Å². The van der Waals surface area contributed by atoms with Gasteiger partial charge >= 0.3 is 13.8 Å². The number of allylic oxidation sites excluding steroid dienone is 10. The molecule has 0 aliphatic carbocycles. The summed E-state index contributed by atoms with van der Waals surface area (Å²) in [6, 6.07) is 0. The molecule has 0 heterocycles. The Bertz CT molecular complexity index is 947. The van der Waals surface area contributed by atoms with Crippen molar-refractivity contribution in [3.8, 4) is 0 Å². The summed E-state index contributed by atoms with van der Waals surface area (Å²) in [7, 11) is -4.28. The number of phosphoric acid groups is 1. The van der Waals surface area contributed by atoms with Crippen LogP contribution in [0.3, 0.4) is 0 Å². The Hall–Kier alpha value is -1.80. The highest BCUT2D eigenvalue weighted by Gasteiger charge is 2.25. The minimum Gasteiger partial charge on any atom is -0.457 e. The van der Waals surface area contributed by atoms with Crippen LogP contribution in [-0.4, -0.2) is 49.9 Å². The van der Waals surface area contributed by atoms with Gasteiger partial charge in [0, 0.05) is 19.6 Å². The summed E-state index contributed by atoms with van der Waals surface area (Å²) in [4.78, 5) is 22.4. The number of carbonyl (C=O) groups is 1. The zero-order chi connectivity index (χ0) is 36.6. The number of hydrogen-bond acceptors (Lipinski definition) is 7. The maximum atomic E-state index is 12.5. The summed E-state index contributed by atoms with van der Waals surface area (Å²) < 4.78 is 33.3. The summed E-state index contributed by atoms with van der Waals surface area (Å²) in [5.74, 6) is -0.364. The first kappa shape index (κ1) is 48.2. The van der Waals surface area contributed by atoms with E-state index in [9.17, 15) is 14.3 Å². The van der Waals surface area contributed by atoms with Crippen molar-refractivity contribution in [3.05, 3.63) is 60.8 Å². The lowest BCUT2D eigenvalue weighted by atomic mass is 10.1. The molecule has 0 rings (SSSR count). The lowest BCUT2D eigenvalue weighted by molar-refractivity contribution is -0.154. The molecular formula is C41H74NO7P. The standard InChI is InChI=1S/C41H74NO7P/c1-3-5-7-9-11-13-15-17-18-19-20-21-23-25-27-29-31-33-36-46-38-40(39-48-50(44,45)47-37-35-42)49-41(43)34-32-30-28-26-24-22-16-14-12-10-8-6-4-2/h6,8,11-14,17-18,22,24,40H,3-5,7,9-10,15-16,19-21,23,25-39,42H2,1-2H3,(H,44,45)/b8-6-,13-11-,14-12-,18-17-,24-22-. The average Bonchev–Trinajstić information content (AvgIpc) is 3.10. The monoisotopic (exact) mass is 724 g/mol. The molecule has 0 bridgehead atoms. The van der Waals surface area contributed by atoms with Gasteiger partial charge in [0.05, 0.1) is 19.8 Å². The van der Waals surface area contributed by atoms with Crippen LogP contribution in [0.2, 0.25) is 0 Å². The van der Waals surface area contributed by atoms with Gasteiger partial charge in [-0.15, -0.1) is 0 Å². The molecule has 0 aromatic heterocycles. The van der Waals surface area contributed by atoms with Crippen LogP contribution in [0.1, 0.15) is 155 Å². The topological polar surface area (TPSA) is 117 Å². The molecule has 0 aliphatic heterocycles. The SMILES string of the molecule is CC/C=C\C/C=C\C/C=C\CCCCCC(=O)OC(COCCCCCCCCCC/C=C\C/C=C\CCCCC)COP(=O)(O)OCCN. The van der Waals surface area contributed by atoms with Gasteiger partial charge in [0.25, 0.3) is 0 Å². The van der Waals surface area contributed by atoms with Crippen LogP contribution < -0.4 is 5.73 Å². The van der Waals surface area contributed by atoms with Crippen molar-refractivity contribution in [2.75, 3.05) is 33.0 Å². The molecule has 9 heteroatoms. The number of nitrogens with two attached hydrogens (primary N) is 1. The summed E-state index contributed by atoms with van der Waals surface area (Å²) in [6.07, 6.45) is 45.2. The van der Waals surface area contributed by atoms with E-state index in [0.717, 1.165) is 64.2 Å². The van der Waals surface area contributed by atoms with Gasteiger partial charge in [-0.3, -0.25) is 13.8 Å². The van der Waals surface area contributed by atoms with Gasteiger partial charge in [-0.2, -0.15) is 0 Å². The van der Waals surface area contributed by atoms with E-state index in [1.807, 2.05) is 0 Å². The zero-order valence-corrected chi connectivity index (χ0v) is 32.8. The summed E-state index contributed by atoms with van der Waals surface area (Å²) in [5.41, 5.74) is 5.35. The van der Waals surface area contributed by atoms with E-state index in [4.69, 9.17) is 24.3 Å². The van der Waals surface area contributed by atoms with Gasteiger partial charge in [0.1, 0.15) is 6.10 Å². The fraction of sp³-hybridized carbons (Fsp3) is 0.732. The summed E-state index contributed by atoms with van der Waals surface area (Å²) in [6.45, 7) is 4.71. The van der Waals surface area contributed by atoms with Crippen molar-refractivity contribution in [3.63, 3.8) is 0 Å². The largest absolute Gasteiger partial charge is 0.472 e. The predicted molar refractivity (Wildman–Crippen MR) is 210 cm³/mol. The van der Waals surface area contributed by atoms with E-state index in [-0.39, 0.29) is 38.8 Å². The fourth-order valence-electron chi connectivity index (χ4n) is 5.04. The van der Waals surface area contributed by atoms with Gasteiger partial charge in [-0.05, 0) is 77.0 Å². The van der Waals surface area contributed by atoms with Gasteiger partial charge < -0.3 is 20.1 Å². The third-order valence-corrected chi connectivity index (χ3v) is 8.90. The van der Waals surface area contributed by atoms with Crippen molar-refractivity contribution in [1.29, 1.82) is 0 Å². The Labute approximate surface area is 306 Å². The van der Waals surface area contributed by atoms with E-state index >= 15 is 0 Å². The molecule has 8 nitrogen and oxygen atoms in total. The smallest absolute Gasteiger partial charge is 0.457 e. The predicted octanol–water partition coefficient (Wildman–Crippen LogP) is 11.4. The highest BCUT2D eigenvalue weighted by Crippen LogP contribution is 2.43. The van der Waals surface area contributed by atoms with Crippen LogP contribution in [0.25, 0.3) is 0 Å². The highest BCUT2D eigenvalue weighted by molar-refractivity contribution is 7.47. The first-order valence-corrected chi connectivity index (χ1v) is 21.3. The van der Waals surface area contributed by atoms with Crippen LogP contribution in [0.15, 0.2) is 60.8 Å². The van der Waals surface area contributed by atoms with E-state index in [1.54, 1.807) is 0 Å². The number of rotatable bonds is 37. The lowest BCUT2D eigenvalue weighted by Gasteiger charge is -2.20. The summed E-state index contributed by atoms with van der Waals surface area (Å²) in [5, 5.41) is 0. The Morgan fingerprint density at radius 3 is 1.68 bits per heavy atom. The highest BCUT2D eigenvalue weighted by atomic mass is 31.2. The van der Waals surface area contributed by atoms with Crippen molar-refractivity contribution in [2.24, 2.45) is 5.73 Å². The molecule has 2 atom stereocenters. The maximum Gasteiger partial charge on any atom is 0.472 e. The first-order valence-electron chi connectivity index (χ1n) is 19.8. The molecule has 0 aromatic carbocycles. The van der Waals surface area contributed by atoms with Crippen LogP contribution in [0.4, 0.5) is 0 Å². The Kier molecular flexibility index (Phi) is 37.0. The molecule has 0 radical (unpaired) electrons. The Morgan fingerprint density at radius 2 is 1.12 bits per heavy atom. The molecule has 0 aliphatic rings. The molecule has 0 spiro atoms. The summed E-state index contributed by atoms with van der Waals surface area (Å²) >= 11 is 0. The van der Waals surface area contributed by atoms with Crippen molar-refractivity contribution in [1.82, 2.24) is 0 Å². The molecule has 0 saturated carbocycles. The molecule has 0 amide bonds. The first-order chi connectivity index (χ1) is 24.4. The number of unbranched alkanes of at least 4 members (excludes halogenated alkanes) is 14. The molecular weight excluding hydrogens is 649 g/mol. The Morgan fingerprint density at radius 1 is 0.620 bits per heavy atom.